The summed E-state index contributed by atoms with van der Waals surface area (Å²) in [6.45, 7) is 0. The first kappa shape index (κ1) is 11.3. The normalized spacial score (nSPS) is 29.9. The van der Waals surface area contributed by atoms with Crippen LogP contribution in [0.2, 0.25) is 0 Å². The smallest absolute Gasteiger partial charge is 0.0608 e. The van der Waals surface area contributed by atoms with Crippen molar-refractivity contribution in [3.8, 4) is 0 Å². The van der Waals surface area contributed by atoms with Gasteiger partial charge in [0, 0.05) is 5.92 Å². The highest BCUT2D eigenvalue weighted by atomic mass is 16.3. The number of rotatable bonds is 2. The Morgan fingerprint density at radius 1 is 0.824 bits per heavy atom. The summed E-state index contributed by atoms with van der Waals surface area (Å²) in [6.07, 6.45) is 8.61. The molecule has 1 heteroatoms. The summed E-state index contributed by atoms with van der Waals surface area (Å²) in [5, 5.41) is 10.2. The third-order valence-corrected chi connectivity index (χ3v) is 4.67. The lowest BCUT2D eigenvalue weighted by atomic mass is 9.73. The number of hydrogen-bond donors (Lipinski definition) is 1. The topological polar surface area (TPSA) is 20.2 Å². The highest BCUT2D eigenvalue weighted by Gasteiger charge is 2.29. The second kappa shape index (κ2) is 4.81. The summed E-state index contributed by atoms with van der Waals surface area (Å²) in [4.78, 5) is 0. The van der Waals surface area contributed by atoms with Gasteiger partial charge in [-0.25, -0.2) is 0 Å². The van der Waals surface area contributed by atoms with E-state index in [2.05, 4.69) is 24.3 Å². The van der Waals surface area contributed by atoms with E-state index in [-0.39, 0.29) is 6.10 Å². The predicted octanol–water partition coefficient (Wildman–Crippen LogP) is 3.97. The maximum Gasteiger partial charge on any atom is 0.0608 e. The van der Waals surface area contributed by atoms with Crippen LogP contribution in [0.5, 0.6) is 0 Å². The molecular weight excluding hydrogens is 208 g/mol. The Morgan fingerprint density at radius 2 is 1.53 bits per heavy atom. The van der Waals surface area contributed by atoms with Crippen LogP contribution in [0.25, 0.3) is 0 Å². The Labute approximate surface area is 104 Å². The van der Waals surface area contributed by atoms with Crippen LogP contribution in [0, 0.1) is 0 Å². The van der Waals surface area contributed by atoms with Crippen LogP contribution in [0.4, 0.5) is 0 Å². The third kappa shape index (κ3) is 2.13. The molecule has 2 atom stereocenters. The molecule has 0 aliphatic heterocycles. The van der Waals surface area contributed by atoms with Crippen molar-refractivity contribution in [3.63, 3.8) is 0 Å². The summed E-state index contributed by atoms with van der Waals surface area (Å²) in [5.74, 6) is 1.18. The van der Waals surface area contributed by atoms with Gasteiger partial charge < -0.3 is 5.11 Å². The first-order valence-electron chi connectivity index (χ1n) is 7.13. The summed E-state index contributed by atoms with van der Waals surface area (Å²) < 4.78 is 0. The molecular formula is C16H22O. The van der Waals surface area contributed by atoms with Crippen molar-refractivity contribution < 1.29 is 5.11 Å². The summed E-state index contributed by atoms with van der Waals surface area (Å²) in [6, 6.07) is 8.85. The van der Waals surface area contributed by atoms with Crippen LogP contribution < -0.4 is 0 Å². The second-order valence-electron chi connectivity index (χ2n) is 5.72. The van der Waals surface area contributed by atoms with E-state index in [1.165, 1.54) is 49.7 Å². The van der Waals surface area contributed by atoms with Gasteiger partial charge >= 0.3 is 0 Å². The van der Waals surface area contributed by atoms with E-state index < -0.39 is 0 Å². The van der Waals surface area contributed by atoms with Gasteiger partial charge in [-0.2, -0.15) is 0 Å². The van der Waals surface area contributed by atoms with Crippen molar-refractivity contribution in [1.82, 2.24) is 0 Å². The molecule has 1 nitrogen and oxygen atoms in total. The molecule has 0 aromatic heterocycles. The molecule has 0 amide bonds. The summed E-state index contributed by atoms with van der Waals surface area (Å²) >= 11 is 0. The molecule has 1 aromatic rings. The number of aliphatic hydroxyl groups excluding tert-OH is 1. The molecule has 2 unspecified atom stereocenters. The van der Waals surface area contributed by atoms with Gasteiger partial charge in [-0.3, -0.25) is 0 Å². The monoisotopic (exact) mass is 230 g/mol. The average Bonchev–Trinajstić information content (AvgIpc) is 2.29. The molecule has 2 aliphatic rings. The summed E-state index contributed by atoms with van der Waals surface area (Å²) in [5.41, 5.74) is 2.98. The van der Waals surface area contributed by atoms with Gasteiger partial charge in [-0.1, -0.05) is 43.5 Å². The zero-order chi connectivity index (χ0) is 11.7. The highest BCUT2D eigenvalue weighted by Crippen LogP contribution is 2.43. The molecule has 3 rings (SSSR count). The van der Waals surface area contributed by atoms with Crippen molar-refractivity contribution in [3.05, 3.63) is 35.4 Å². The standard InChI is InChI=1S/C16H22O/c17-16-11-4-3-10-15(16)14-9-2-1-8-13(14)12-6-5-7-12/h1-2,8-9,12,15-17H,3-7,10-11H2. The third-order valence-electron chi connectivity index (χ3n) is 4.67. The van der Waals surface area contributed by atoms with Crippen LogP contribution in [0.1, 0.15) is 67.9 Å². The van der Waals surface area contributed by atoms with E-state index >= 15 is 0 Å². The molecule has 2 saturated carbocycles. The predicted molar refractivity (Wildman–Crippen MR) is 70.2 cm³/mol. The Morgan fingerprint density at radius 3 is 2.18 bits per heavy atom. The highest BCUT2D eigenvalue weighted by molar-refractivity contribution is 5.35. The van der Waals surface area contributed by atoms with E-state index in [9.17, 15) is 5.11 Å². The lowest BCUT2D eigenvalue weighted by molar-refractivity contribution is 0.105. The molecule has 0 saturated heterocycles. The van der Waals surface area contributed by atoms with Gasteiger partial charge in [0.1, 0.15) is 0 Å². The maximum atomic E-state index is 10.2. The fourth-order valence-corrected chi connectivity index (χ4v) is 3.41. The van der Waals surface area contributed by atoms with Crippen molar-refractivity contribution in [1.29, 1.82) is 0 Å². The van der Waals surface area contributed by atoms with Crippen LogP contribution in [-0.4, -0.2) is 11.2 Å². The van der Waals surface area contributed by atoms with E-state index in [1.54, 1.807) is 0 Å². The Hall–Kier alpha value is -0.820. The minimum absolute atomic E-state index is 0.107. The number of aliphatic hydroxyl groups is 1. The van der Waals surface area contributed by atoms with Crippen molar-refractivity contribution in [2.24, 2.45) is 0 Å². The molecule has 1 aromatic carbocycles. The molecule has 92 valence electrons. The van der Waals surface area contributed by atoms with E-state index in [0.29, 0.717) is 5.92 Å². The zero-order valence-electron chi connectivity index (χ0n) is 10.4. The quantitative estimate of drug-likeness (QED) is 0.815. The SMILES string of the molecule is OC1CCCCC1c1ccccc1C1CCC1. The van der Waals surface area contributed by atoms with Gasteiger partial charge in [-0.05, 0) is 42.7 Å². The molecule has 0 heterocycles. The largest absolute Gasteiger partial charge is 0.392 e. The fraction of sp³-hybridized carbons (Fsp3) is 0.625. The van der Waals surface area contributed by atoms with Gasteiger partial charge in [0.2, 0.25) is 0 Å². The maximum absolute atomic E-state index is 10.2. The van der Waals surface area contributed by atoms with E-state index in [1.807, 2.05) is 0 Å². The Kier molecular flexibility index (Phi) is 3.19. The Balaban J connectivity index is 1.89. The van der Waals surface area contributed by atoms with Gasteiger partial charge in [0.25, 0.3) is 0 Å². The first-order chi connectivity index (χ1) is 8.36. The van der Waals surface area contributed by atoms with Gasteiger partial charge in [-0.15, -0.1) is 0 Å². The molecule has 1 N–H and O–H groups in total. The average molecular weight is 230 g/mol. The van der Waals surface area contributed by atoms with E-state index in [4.69, 9.17) is 0 Å². The summed E-state index contributed by atoms with van der Waals surface area (Å²) in [7, 11) is 0. The van der Waals surface area contributed by atoms with Crippen LogP contribution >= 0.6 is 0 Å². The molecule has 2 fully saturated rings. The van der Waals surface area contributed by atoms with Crippen molar-refractivity contribution in [2.75, 3.05) is 0 Å². The van der Waals surface area contributed by atoms with Gasteiger partial charge in [0.05, 0.1) is 6.10 Å². The van der Waals surface area contributed by atoms with Crippen LogP contribution in [0.15, 0.2) is 24.3 Å². The molecule has 2 aliphatic carbocycles. The molecule has 17 heavy (non-hydrogen) atoms. The van der Waals surface area contributed by atoms with Crippen molar-refractivity contribution in [2.45, 2.75) is 62.9 Å². The second-order valence-corrected chi connectivity index (χ2v) is 5.72. The van der Waals surface area contributed by atoms with E-state index in [0.717, 1.165) is 12.3 Å². The van der Waals surface area contributed by atoms with Gasteiger partial charge in [0.15, 0.2) is 0 Å². The number of benzene rings is 1. The fourth-order valence-electron chi connectivity index (χ4n) is 3.41. The lowest BCUT2D eigenvalue weighted by Crippen LogP contribution is -2.24. The zero-order valence-corrected chi connectivity index (χ0v) is 10.4. The Bertz CT molecular complexity index is 381. The minimum atomic E-state index is -0.107. The minimum Gasteiger partial charge on any atom is -0.392 e. The molecule has 0 spiro atoms. The van der Waals surface area contributed by atoms with Crippen LogP contribution in [0.3, 0.4) is 0 Å². The molecule has 0 radical (unpaired) electrons. The molecule has 0 bridgehead atoms. The number of hydrogen-bond acceptors (Lipinski definition) is 1. The lowest BCUT2D eigenvalue weighted by Gasteiger charge is -2.34. The first-order valence-corrected chi connectivity index (χ1v) is 7.13. The van der Waals surface area contributed by atoms with Crippen molar-refractivity contribution >= 4 is 0 Å². The van der Waals surface area contributed by atoms with Crippen LogP contribution in [-0.2, 0) is 0 Å².